The molecule has 3 aromatic rings. The highest BCUT2D eigenvalue weighted by Gasteiger charge is 2.12. The number of aromatic nitrogens is 1. The van der Waals surface area contributed by atoms with Crippen molar-refractivity contribution in [3.8, 4) is 10.8 Å². The summed E-state index contributed by atoms with van der Waals surface area (Å²) >= 11 is 3.49. The number of fused-ring (bicyclic) bond motifs is 1. The van der Waals surface area contributed by atoms with Crippen LogP contribution in [0.3, 0.4) is 0 Å². The Balaban J connectivity index is 1.45. The zero-order valence-corrected chi connectivity index (χ0v) is 13.2. The smallest absolute Gasteiger partial charge is 0.236 e. The molecule has 0 unspecified atom stereocenters. The standard InChI is InChI=1S/C17H15NOS2/c1-3-12-6-7-15(9-13(12)4-1)21-11-14-10-19-17(18-14)16-5-2-8-20-16/h2,5-10H,1,3-4,11H2. The van der Waals surface area contributed by atoms with Crippen molar-refractivity contribution in [2.24, 2.45) is 0 Å². The predicted molar refractivity (Wildman–Crippen MR) is 87.8 cm³/mol. The number of benzene rings is 1. The van der Waals surface area contributed by atoms with Crippen LogP contribution in [0.2, 0.25) is 0 Å². The van der Waals surface area contributed by atoms with Crippen molar-refractivity contribution in [2.45, 2.75) is 29.9 Å². The van der Waals surface area contributed by atoms with E-state index in [2.05, 4.69) is 23.2 Å². The molecule has 0 aliphatic heterocycles. The molecule has 1 aliphatic carbocycles. The van der Waals surface area contributed by atoms with Crippen LogP contribution in [-0.4, -0.2) is 4.98 Å². The van der Waals surface area contributed by atoms with Crippen LogP contribution in [0.4, 0.5) is 0 Å². The van der Waals surface area contributed by atoms with Crippen LogP contribution in [-0.2, 0) is 18.6 Å². The third-order valence-corrected chi connectivity index (χ3v) is 5.63. The number of rotatable bonds is 4. The normalized spacial score (nSPS) is 13.5. The molecule has 2 aromatic heterocycles. The predicted octanol–water partition coefficient (Wildman–Crippen LogP) is 5.18. The second-order valence-corrected chi connectivity index (χ2v) is 7.19. The van der Waals surface area contributed by atoms with Crippen LogP contribution in [0.5, 0.6) is 0 Å². The lowest BCUT2D eigenvalue weighted by Crippen LogP contribution is -1.84. The molecule has 0 saturated carbocycles. The number of thiophene rings is 1. The molecule has 0 N–H and O–H groups in total. The molecule has 2 nitrogen and oxygen atoms in total. The molecular formula is C17H15NOS2. The highest BCUT2D eigenvalue weighted by Crippen LogP contribution is 2.30. The highest BCUT2D eigenvalue weighted by molar-refractivity contribution is 7.98. The first-order valence-corrected chi connectivity index (χ1v) is 8.98. The van der Waals surface area contributed by atoms with Crippen molar-refractivity contribution in [1.82, 2.24) is 4.98 Å². The third kappa shape index (κ3) is 2.78. The molecule has 0 spiro atoms. The van der Waals surface area contributed by atoms with Gasteiger partial charge < -0.3 is 4.42 Å². The fourth-order valence-electron chi connectivity index (χ4n) is 2.68. The Morgan fingerprint density at radius 3 is 3.05 bits per heavy atom. The first-order chi connectivity index (χ1) is 10.4. The maximum Gasteiger partial charge on any atom is 0.236 e. The second kappa shape index (κ2) is 5.70. The van der Waals surface area contributed by atoms with E-state index in [0.717, 1.165) is 22.2 Å². The quantitative estimate of drug-likeness (QED) is 0.620. The molecule has 0 fully saturated rings. The Labute approximate surface area is 132 Å². The van der Waals surface area contributed by atoms with E-state index in [1.165, 1.54) is 35.3 Å². The summed E-state index contributed by atoms with van der Waals surface area (Å²) in [5.74, 6) is 1.59. The van der Waals surface area contributed by atoms with E-state index in [9.17, 15) is 0 Å². The highest BCUT2D eigenvalue weighted by atomic mass is 32.2. The SMILES string of the molecule is c1csc(-c2nc(CSc3ccc4c(c3)CCC4)co2)c1. The lowest BCUT2D eigenvalue weighted by molar-refractivity contribution is 0.575. The van der Waals surface area contributed by atoms with Gasteiger partial charge in [0.1, 0.15) is 6.26 Å². The van der Waals surface area contributed by atoms with Crippen molar-refractivity contribution >= 4 is 23.1 Å². The van der Waals surface area contributed by atoms with Crippen molar-refractivity contribution < 1.29 is 4.42 Å². The van der Waals surface area contributed by atoms with Gasteiger partial charge in [0.15, 0.2) is 0 Å². The van der Waals surface area contributed by atoms with Gasteiger partial charge in [-0.15, -0.1) is 23.1 Å². The summed E-state index contributed by atoms with van der Waals surface area (Å²) < 4.78 is 5.56. The topological polar surface area (TPSA) is 26.0 Å². The number of thioether (sulfide) groups is 1. The van der Waals surface area contributed by atoms with Gasteiger partial charge in [0.2, 0.25) is 5.89 Å². The number of hydrogen-bond donors (Lipinski definition) is 0. The van der Waals surface area contributed by atoms with Crippen molar-refractivity contribution in [3.05, 3.63) is 58.8 Å². The molecule has 1 aliphatic rings. The van der Waals surface area contributed by atoms with E-state index >= 15 is 0 Å². The lowest BCUT2D eigenvalue weighted by atomic mass is 10.1. The lowest BCUT2D eigenvalue weighted by Gasteiger charge is -2.03. The van der Waals surface area contributed by atoms with Gasteiger partial charge >= 0.3 is 0 Å². The Kier molecular flexibility index (Phi) is 3.57. The summed E-state index contributed by atoms with van der Waals surface area (Å²) in [7, 11) is 0. The largest absolute Gasteiger partial charge is 0.444 e. The van der Waals surface area contributed by atoms with Crippen molar-refractivity contribution in [1.29, 1.82) is 0 Å². The number of hydrogen-bond acceptors (Lipinski definition) is 4. The summed E-state index contributed by atoms with van der Waals surface area (Å²) in [6.45, 7) is 0. The van der Waals surface area contributed by atoms with Gasteiger partial charge in [-0.3, -0.25) is 0 Å². The first-order valence-electron chi connectivity index (χ1n) is 7.11. The molecule has 0 saturated heterocycles. The van der Waals surface area contributed by atoms with E-state index in [-0.39, 0.29) is 0 Å². The molecule has 0 amide bonds. The molecule has 1 aromatic carbocycles. The van der Waals surface area contributed by atoms with E-state index in [0.29, 0.717) is 0 Å². The van der Waals surface area contributed by atoms with E-state index in [1.54, 1.807) is 17.6 Å². The number of aryl methyl sites for hydroxylation is 2. The average molecular weight is 313 g/mol. The van der Waals surface area contributed by atoms with Gasteiger partial charge in [-0.25, -0.2) is 4.98 Å². The van der Waals surface area contributed by atoms with Gasteiger partial charge in [-0.05, 0) is 54.0 Å². The molecule has 0 atom stereocenters. The van der Waals surface area contributed by atoms with Crippen LogP contribution >= 0.6 is 23.1 Å². The third-order valence-electron chi connectivity index (χ3n) is 3.74. The minimum absolute atomic E-state index is 0.731. The number of oxazole rings is 1. The molecular weight excluding hydrogens is 298 g/mol. The average Bonchev–Trinajstić information content (AvgIpc) is 3.24. The molecule has 21 heavy (non-hydrogen) atoms. The minimum Gasteiger partial charge on any atom is -0.444 e. The number of nitrogens with zero attached hydrogens (tertiary/aromatic N) is 1. The zero-order valence-electron chi connectivity index (χ0n) is 11.5. The van der Waals surface area contributed by atoms with Gasteiger partial charge in [-0.1, -0.05) is 12.1 Å². The minimum atomic E-state index is 0.731. The molecule has 4 heteroatoms. The van der Waals surface area contributed by atoms with Crippen LogP contribution in [0, 0.1) is 0 Å². The Morgan fingerprint density at radius 2 is 2.14 bits per heavy atom. The van der Waals surface area contributed by atoms with Crippen molar-refractivity contribution in [2.75, 3.05) is 0 Å². The van der Waals surface area contributed by atoms with Crippen LogP contribution in [0.15, 0.2) is 51.3 Å². The molecule has 106 valence electrons. The summed E-state index contributed by atoms with van der Waals surface area (Å²) in [4.78, 5) is 6.98. The summed E-state index contributed by atoms with van der Waals surface area (Å²) in [5.41, 5.74) is 4.06. The van der Waals surface area contributed by atoms with E-state index in [1.807, 2.05) is 29.3 Å². The van der Waals surface area contributed by atoms with E-state index < -0.39 is 0 Å². The fourth-order valence-corrected chi connectivity index (χ4v) is 4.17. The van der Waals surface area contributed by atoms with Gasteiger partial charge in [0, 0.05) is 10.6 Å². The maximum atomic E-state index is 5.56. The molecule has 0 bridgehead atoms. The van der Waals surface area contributed by atoms with Gasteiger partial charge in [0.05, 0.1) is 10.6 Å². The summed E-state index contributed by atoms with van der Waals surface area (Å²) in [6, 6.07) is 10.9. The second-order valence-electron chi connectivity index (χ2n) is 5.19. The van der Waals surface area contributed by atoms with Crippen LogP contribution in [0.25, 0.3) is 10.8 Å². The maximum absolute atomic E-state index is 5.56. The van der Waals surface area contributed by atoms with Gasteiger partial charge in [0.25, 0.3) is 0 Å². The molecule has 2 heterocycles. The molecule has 4 rings (SSSR count). The monoisotopic (exact) mass is 313 g/mol. The zero-order chi connectivity index (χ0) is 14.1. The Morgan fingerprint density at radius 1 is 1.19 bits per heavy atom. The summed E-state index contributed by atoms with van der Waals surface area (Å²) in [5, 5.41) is 2.04. The van der Waals surface area contributed by atoms with E-state index in [4.69, 9.17) is 4.42 Å². The Hall–Kier alpha value is -1.52. The van der Waals surface area contributed by atoms with Crippen LogP contribution in [0.1, 0.15) is 23.2 Å². The first kappa shape index (κ1) is 13.2. The van der Waals surface area contributed by atoms with Crippen LogP contribution < -0.4 is 0 Å². The summed E-state index contributed by atoms with van der Waals surface area (Å²) in [6.07, 6.45) is 5.55. The van der Waals surface area contributed by atoms with Crippen molar-refractivity contribution in [3.63, 3.8) is 0 Å². The Bertz CT molecular complexity index is 746. The fraction of sp³-hybridized carbons (Fsp3) is 0.235. The van der Waals surface area contributed by atoms with Gasteiger partial charge in [-0.2, -0.15) is 0 Å². The molecule has 0 radical (unpaired) electrons.